The SMILES string of the molecule is COCCS(=O)(=O)N[C@@H]1CN(C)C[C@@H]1C. The average Bonchev–Trinajstić information content (AvgIpc) is 2.41. The summed E-state index contributed by atoms with van der Waals surface area (Å²) in [5.41, 5.74) is 0. The number of sulfonamides is 1. The van der Waals surface area contributed by atoms with Gasteiger partial charge in [-0.15, -0.1) is 0 Å². The van der Waals surface area contributed by atoms with Gasteiger partial charge in [-0.2, -0.15) is 0 Å². The van der Waals surface area contributed by atoms with Crippen LogP contribution < -0.4 is 4.72 Å². The van der Waals surface area contributed by atoms with Crippen LogP contribution >= 0.6 is 0 Å². The molecule has 0 unspecified atom stereocenters. The summed E-state index contributed by atoms with van der Waals surface area (Å²) in [5.74, 6) is 0.406. The maximum Gasteiger partial charge on any atom is 0.214 e. The molecular formula is C9H20N2O3S. The minimum absolute atomic E-state index is 0.0381. The van der Waals surface area contributed by atoms with E-state index in [1.54, 1.807) is 0 Å². The maximum atomic E-state index is 11.6. The lowest BCUT2D eigenvalue weighted by Crippen LogP contribution is -2.41. The van der Waals surface area contributed by atoms with Crippen LogP contribution in [-0.4, -0.2) is 59.0 Å². The van der Waals surface area contributed by atoms with Gasteiger partial charge in [0.15, 0.2) is 0 Å². The summed E-state index contributed by atoms with van der Waals surface area (Å²) >= 11 is 0. The summed E-state index contributed by atoms with van der Waals surface area (Å²) in [4.78, 5) is 2.13. The fraction of sp³-hybridized carbons (Fsp3) is 1.00. The molecule has 5 nitrogen and oxygen atoms in total. The van der Waals surface area contributed by atoms with E-state index in [-0.39, 0.29) is 18.4 Å². The van der Waals surface area contributed by atoms with Gasteiger partial charge in [-0.05, 0) is 13.0 Å². The van der Waals surface area contributed by atoms with Crippen molar-refractivity contribution >= 4 is 10.0 Å². The summed E-state index contributed by atoms with van der Waals surface area (Å²) in [6, 6.07) is 0.0388. The first kappa shape index (κ1) is 12.9. The van der Waals surface area contributed by atoms with Crippen LogP contribution in [0, 0.1) is 5.92 Å². The van der Waals surface area contributed by atoms with Crippen molar-refractivity contribution in [3.63, 3.8) is 0 Å². The summed E-state index contributed by atoms with van der Waals surface area (Å²) in [6.07, 6.45) is 0. The minimum atomic E-state index is -3.19. The highest BCUT2D eigenvalue weighted by Crippen LogP contribution is 2.15. The minimum Gasteiger partial charge on any atom is -0.384 e. The molecule has 2 atom stereocenters. The highest BCUT2D eigenvalue weighted by Gasteiger charge is 2.30. The van der Waals surface area contributed by atoms with Gasteiger partial charge in [0.25, 0.3) is 0 Å². The van der Waals surface area contributed by atoms with Crippen molar-refractivity contribution in [2.75, 3.05) is 39.6 Å². The highest BCUT2D eigenvalue weighted by molar-refractivity contribution is 7.89. The Morgan fingerprint density at radius 3 is 2.60 bits per heavy atom. The van der Waals surface area contributed by atoms with Gasteiger partial charge < -0.3 is 9.64 Å². The van der Waals surface area contributed by atoms with E-state index in [2.05, 4.69) is 16.5 Å². The Labute approximate surface area is 91.8 Å². The molecule has 0 aliphatic carbocycles. The molecule has 0 saturated carbocycles. The molecule has 1 aliphatic rings. The number of ether oxygens (including phenoxy) is 1. The van der Waals surface area contributed by atoms with Crippen molar-refractivity contribution in [3.05, 3.63) is 0 Å². The predicted octanol–water partition coefficient (Wildman–Crippen LogP) is -0.498. The van der Waals surface area contributed by atoms with Gasteiger partial charge in [0, 0.05) is 26.2 Å². The van der Waals surface area contributed by atoms with E-state index >= 15 is 0 Å². The lowest BCUT2D eigenvalue weighted by Gasteiger charge is -2.16. The topological polar surface area (TPSA) is 58.6 Å². The number of hydrogen-bond donors (Lipinski definition) is 1. The Morgan fingerprint density at radius 2 is 2.13 bits per heavy atom. The molecule has 0 aromatic heterocycles. The number of rotatable bonds is 5. The second kappa shape index (κ2) is 5.25. The summed E-state index contributed by atoms with van der Waals surface area (Å²) in [6.45, 7) is 4.03. The van der Waals surface area contributed by atoms with Gasteiger partial charge in [0.2, 0.25) is 10.0 Å². The third-order valence-electron chi connectivity index (χ3n) is 2.68. The van der Waals surface area contributed by atoms with Crippen LogP contribution in [0.15, 0.2) is 0 Å². The van der Waals surface area contributed by atoms with Crippen molar-refractivity contribution in [2.45, 2.75) is 13.0 Å². The molecule has 0 radical (unpaired) electrons. The van der Waals surface area contributed by atoms with Crippen molar-refractivity contribution < 1.29 is 13.2 Å². The van der Waals surface area contributed by atoms with Crippen molar-refractivity contribution in [3.8, 4) is 0 Å². The molecule has 0 aromatic rings. The van der Waals surface area contributed by atoms with Crippen LogP contribution in [0.3, 0.4) is 0 Å². The first-order chi connectivity index (χ1) is 6.94. The molecule has 1 rings (SSSR count). The van der Waals surface area contributed by atoms with Crippen molar-refractivity contribution in [2.24, 2.45) is 5.92 Å². The van der Waals surface area contributed by atoms with Gasteiger partial charge in [-0.3, -0.25) is 0 Å². The average molecular weight is 236 g/mol. The number of methoxy groups -OCH3 is 1. The number of likely N-dealkylation sites (tertiary alicyclic amines) is 1. The predicted molar refractivity (Wildman–Crippen MR) is 59.2 cm³/mol. The Bertz CT molecular complexity index is 292. The zero-order chi connectivity index (χ0) is 11.5. The maximum absolute atomic E-state index is 11.6. The molecule has 1 aliphatic heterocycles. The Balaban J connectivity index is 2.47. The molecule has 0 amide bonds. The van der Waals surface area contributed by atoms with Crippen LogP contribution in [-0.2, 0) is 14.8 Å². The van der Waals surface area contributed by atoms with E-state index in [0.29, 0.717) is 5.92 Å². The van der Waals surface area contributed by atoms with E-state index in [4.69, 9.17) is 4.74 Å². The van der Waals surface area contributed by atoms with Gasteiger partial charge in [0.1, 0.15) is 0 Å². The van der Waals surface area contributed by atoms with E-state index in [1.165, 1.54) is 7.11 Å². The standard InChI is InChI=1S/C9H20N2O3S/c1-8-6-11(2)7-9(8)10-15(12,13)5-4-14-3/h8-10H,4-7H2,1-3H3/t8-,9+/m0/s1. The lowest BCUT2D eigenvalue weighted by molar-refractivity contribution is 0.216. The van der Waals surface area contributed by atoms with Crippen LogP contribution in [0.1, 0.15) is 6.92 Å². The second-order valence-electron chi connectivity index (χ2n) is 4.23. The molecule has 1 N–H and O–H groups in total. The third kappa shape index (κ3) is 4.06. The van der Waals surface area contributed by atoms with Crippen LogP contribution in [0.5, 0.6) is 0 Å². The number of nitrogens with one attached hydrogen (secondary N) is 1. The first-order valence-electron chi connectivity index (χ1n) is 5.12. The van der Waals surface area contributed by atoms with Gasteiger partial charge in [-0.25, -0.2) is 13.1 Å². The molecule has 1 fully saturated rings. The summed E-state index contributed by atoms with van der Waals surface area (Å²) in [5, 5.41) is 0. The van der Waals surface area contributed by atoms with E-state index in [9.17, 15) is 8.42 Å². The van der Waals surface area contributed by atoms with Gasteiger partial charge in [-0.1, -0.05) is 6.92 Å². The highest BCUT2D eigenvalue weighted by atomic mass is 32.2. The fourth-order valence-corrected chi connectivity index (χ4v) is 3.12. The normalized spacial score (nSPS) is 28.5. The van der Waals surface area contributed by atoms with Crippen molar-refractivity contribution in [1.82, 2.24) is 9.62 Å². The number of likely N-dealkylation sites (N-methyl/N-ethyl adjacent to an activating group) is 1. The smallest absolute Gasteiger partial charge is 0.214 e. The molecule has 0 spiro atoms. The molecule has 1 heterocycles. The fourth-order valence-electron chi connectivity index (χ4n) is 1.85. The first-order valence-corrected chi connectivity index (χ1v) is 6.77. The molecule has 1 saturated heterocycles. The van der Waals surface area contributed by atoms with E-state index < -0.39 is 10.0 Å². The van der Waals surface area contributed by atoms with Gasteiger partial charge in [0.05, 0.1) is 12.4 Å². The molecule has 0 bridgehead atoms. The molecular weight excluding hydrogens is 216 g/mol. The lowest BCUT2D eigenvalue weighted by atomic mass is 10.1. The third-order valence-corrected chi connectivity index (χ3v) is 4.05. The summed E-state index contributed by atoms with van der Waals surface area (Å²) in [7, 11) is 0.316. The number of hydrogen-bond acceptors (Lipinski definition) is 4. The molecule has 90 valence electrons. The molecule has 0 aromatic carbocycles. The number of nitrogens with zero attached hydrogens (tertiary/aromatic N) is 1. The molecule has 15 heavy (non-hydrogen) atoms. The monoisotopic (exact) mass is 236 g/mol. The van der Waals surface area contributed by atoms with E-state index in [0.717, 1.165) is 13.1 Å². The quantitative estimate of drug-likeness (QED) is 0.699. The summed E-state index contributed by atoms with van der Waals surface area (Å²) < 4.78 is 30.7. The largest absolute Gasteiger partial charge is 0.384 e. The van der Waals surface area contributed by atoms with Crippen molar-refractivity contribution in [1.29, 1.82) is 0 Å². The Kier molecular flexibility index (Phi) is 4.51. The van der Waals surface area contributed by atoms with Crippen LogP contribution in [0.2, 0.25) is 0 Å². The molecule has 6 heteroatoms. The Morgan fingerprint density at radius 1 is 1.47 bits per heavy atom. The van der Waals surface area contributed by atoms with Crippen LogP contribution in [0.25, 0.3) is 0 Å². The second-order valence-corrected chi connectivity index (χ2v) is 6.11. The van der Waals surface area contributed by atoms with E-state index in [1.807, 2.05) is 7.05 Å². The Hall–Kier alpha value is -0.170. The van der Waals surface area contributed by atoms with Gasteiger partial charge >= 0.3 is 0 Å². The van der Waals surface area contributed by atoms with Crippen LogP contribution in [0.4, 0.5) is 0 Å². The zero-order valence-corrected chi connectivity index (χ0v) is 10.4. The zero-order valence-electron chi connectivity index (χ0n) is 9.56.